The van der Waals surface area contributed by atoms with Crippen molar-refractivity contribution in [2.75, 3.05) is 0 Å². The van der Waals surface area contributed by atoms with Crippen LogP contribution in [0.5, 0.6) is 0 Å². The summed E-state index contributed by atoms with van der Waals surface area (Å²) in [5, 5.41) is 2.88. The molecule has 0 aliphatic rings. The van der Waals surface area contributed by atoms with Gasteiger partial charge in [-0.3, -0.25) is 9.78 Å². The van der Waals surface area contributed by atoms with Gasteiger partial charge in [-0.15, -0.1) is 0 Å². The van der Waals surface area contributed by atoms with Crippen molar-refractivity contribution < 1.29 is 4.79 Å². The molecule has 15 heavy (non-hydrogen) atoms. The first-order valence-electron chi connectivity index (χ1n) is 5.48. The zero-order chi connectivity index (χ0) is 10.9. The summed E-state index contributed by atoms with van der Waals surface area (Å²) in [6.07, 6.45) is 7.39. The van der Waals surface area contributed by atoms with Crippen LogP contribution in [0.25, 0.3) is 0 Å². The topological polar surface area (TPSA) is 42.0 Å². The van der Waals surface area contributed by atoms with Crippen molar-refractivity contribution in [2.24, 2.45) is 0 Å². The molecule has 1 aromatic heterocycles. The van der Waals surface area contributed by atoms with Crippen molar-refractivity contribution in [3.8, 4) is 0 Å². The van der Waals surface area contributed by atoms with Crippen LogP contribution >= 0.6 is 0 Å². The molecule has 0 bridgehead atoms. The highest BCUT2D eigenvalue weighted by molar-refractivity contribution is 5.75. The maximum absolute atomic E-state index is 11.4. The third-order valence-electron chi connectivity index (χ3n) is 2.22. The Labute approximate surface area is 90.9 Å². The van der Waals surface area contributed by atoms with E-state index in [-0.39, 0.29) is 5.91 Å². The van der Waals surface area contributed by atoms with E-state index >= 15 is 0 Å². The number of hydrogen-bond donors (Lipinski definition) is 1. The Bertz CT molecular complexity index is 285. The van der Waals surface area contributed by atoms with Crippen molar-refractivity contribution >= 4 is 5.91 Å². The summed E-state index contributed by atoms with van der Waals surface area (Å²) < 4.78 is 0. The standard InChI is InChI=1S/C12H18N2O/c1-2-3-4-7-12(15)14-10-11-6-5-8-13-9-11/h5-6,8-9H,2-4,7,10H2,1H3,(H,14,15). The second-order valence-electron chi connectivity index (χ2n) is 3.60. The lowest BCUT2D eigenvalue weighted by molar-refractivity contribution is -0.121. The summed E-state index contributed by atoms with van der Waals surface area (Å²) in [4.78, 5) is 15.3. The third-order valence-corrected chi connectivity index (χ3v) is 2.22. The molecule has 1 rings (SSSR count). The minimum Gasteiger partial charge on any atom is -0.352 e. The SMILES string of the molecule is CCCCCC(=O)NCc1cccnc1. The van der Waals surface area contributed by atoms with Gasteiger partial charge < -0.3 is 5.32 Å². The number of hydrogen-bond acceptors (Lipinski definition) is 2. The molecule has 0 unspecified atom stereocenters. The second-order valence-corrected chi connectivity index (χ2v) is 3.60. The number of carbonyl (C=O) groups is 1. The lowest BCUT2D eigenvalue weighted by Crippen LogP contribution is -2.22. The first-order valence-corrected chi connectivity index (χ1v) is 5.48. The molecule has 82 valence electrons. The van der Waals surface area contributed by atoms with Gasteiger partial charge in [0.15, 0.2) is 0 Å². The Morgan fingerprint density at radius 3 is 3.00 bits per heavy atom. The first kappa shape index (κ1) is 11.7. The summed E-state index contributed by atoms with van der Waals surface area (Å²) in [5.74, 6) is 0.132. The van der Waals surface area contributed by atoms with Crippen molar-refractivity contribution in [1.29, 1.82) is 0 Å². The highest BCUT2D eigenvalue weighted by Crippen LogP contribution is 1.99. The van der Waals surface area contributed by atoms with Crippen LogP contribution in [0.1, 0.15) is 38.2 Å². The zero-order valence-corrected chi connectivity index (χ0v) is 9.20. The van der Waals surface area contributed by atoms with Gasteiger partial charge in [-0.05, 0) is 18.1 Å². The summed E-state index contributed by atoms with van der Waals surface area (Å²) in [7, 11) is 0. The van der Waals surface area contributed by atoms with E-state index in [0.29, 0.717) is 13.0 Å². The van der Waals surface area contributed by atoms with Gasteiger partial charge in [0.05, 0.1) is 0 Å². The molecule has 1 N–H and O–H groups in total. The fourth-order valence-electron chi connectivity index (χ4n) is 1.33. The Morgan fingerprint density at radius 2 is 2.33 bits per heavy atom. The molecule has 0 saturated carbocycles. The molecule has 1 amide bonds. The van der Waals surface area contributed by atoms with Crippen LogP contribution in [0, 0.1) is 0 Å². The van der Waals surface area contributed by atoms with Crippen LogP contribution in [0.15, 0.2) is 24.5 Å². The molecule has 0 aromatic carbocycles. The molecular weight excluding hydrogens is 188 g/mol. The van der Waals surface area contributed by atoms with Gasteiger partial charge >= 0.3 is 0 Å². The number of amides is 1. The van der Waals surface area contributed by atoms with Crippen LogP contribution in [-0.2, 0) is 11.3 Å². The number of nitrogens with zero attached hydrogens (tertiary/aromatic N) is 1. The molecule has 0 aliphatic heterocycles. The van der Waals surface area contributed by atoms with Crippen LogP contribution in [-0.4, -0.2) is 10.9 Å². The number of pyridine rings is 1. The van der Waals surface area contributed by atoms with Crippen molar-refractivity contribution in [2.45, 2.75) is 39.2 Å². The van der Waals surface area contributed by atoms with Gasteiger partial charge in [-0.1, -0.05) is 25.8 Å². The fourth-order valence-corrected chi connectivity index (χ4v) is 1.33. The highest BCUT2D eigenvalue weighted by atomic mass is 16.1. The summed E-state index contributed by atoms with van der Waals surface area (Å²) in [5.41, 5.74) is 1.04. The molecule has 0 spiro atoms. The van der Waals surface area contributed by atoms with E-state index in [2.05, 4.69) is 17.2 Å². The first-order chi connectivity index (χ1) is 7.33. The molecular formula is C12H18N2O. The number of rotatable bonds is 6. The predicted molar refractivity (Wildman–Crippen MR) is 60.2 cm³/mol. The lowest BCUT2D eigenvalue weighted by Gasteiger charge is -2.04. The van der Waals surface area contributed by atoms with E-state index < -0.39 is 0 Å². The molecule has 0 fully saturated rings. The van der Waals surface area contributed by atoms with Gasteiger partial charge in [0.1, 0.15) is 0 Å². The van der Waals surface area contributed by atoms with Crippen molar-refractivity contribution in [1.82, 2.24) is 10.3 Å². The third kappa shape index (κ3) is 5.15. The van der Waals surface area contributed by atoms with E-state index in [1.807, 2.05) is 12.1 Å². The highest BCUT2D eigenvalue weighted by Gasteiger charge is 2.00. The monoisotopic (exact) mass is 206 g/mol. The number of unbranched alkanes of at least 4 members (excludes halogenated alkanes) is 2. The minimum absolute atomic E-state index is 0.132. The molecule has 1 aromatic rings. The number of aromatic nitrogens is 1. The zero-order valence-electron chi connectivity index (χ0n) is 9.20. The van der Waals surface area contributed by atoms with Gasteiger partial charge in [0.25, 0.3) is 0 Å². The maximum Gasteiger partial charge on any atom is 0.220 e. The van der Waals surface area contributed by atoms with Crippen LogP contribution < -0.4 is 5.32 Å². The molecule has 0 atom stereocenters. The summed E-state index contributed by atoms with van der Waals surface area (Å²) in [6.45, 7) is 2.71. The van der Waals surface area contributed by atoms with Crippen molar-refractivity contribution in [3.05, 3.63) is 30.1 Å². The van der Waals surface area contributed by atoms with E-state index in [4.69, 9.17) is 0 Å². The Balaban J connectivity index is 2.17. The smallest absolute Gasteiger partial charge is 0.220 e. The largest absolute Gasteiger partial charge is 0.352 e. The van der Waals surface area contributed by atoms with Gasteiger partial charge in [0, 0.05) is 25.4 Å². The van der Waals surface area contributed by atoms with E-state index in [1.54, 1.807) is 12.4 Å². The van der Waals surface area contributed by atoms with E-state index in [9.17, 15) is 4.79 Å². The normalized spacial score (nSPS) is 9.93. The lowest BCUT2D eigenvalue weighted by atomic mass is 10.2. The predicted octanol–water partition coefficient (Wildman–Crippen LogP) is 2.28. The van der Waals surface area contributed by atoms with Crippen LogP contribution in [0.2, 0.25) is 0 Å². The Morgan fingerprint density at radius 1 is 1.47 bits per heavy atom. The molecule has 1 heterocycles. The molecule has 3 nitrogen and oxygen atoms in total. The van der Waals surface area contributed by atoms with E-state index in [0.717, 1.165) is 24.8 Å². The molecule has 0 saturated heterocycles. The van der Waals surface area contributed by atoms with Gasteiger partial charge in [-0.2, -0.15) is 0 Å². The number of carbonyl (C=O) groups excluding carboxylic acids is 1. The summed E-state index contributed by atoms with van der Waals surface area (Å²) in [6, 6.07) is 3.83. The number of nitrogens with one attached hydrogen (secondary N) is 1. The van der Waals surface area contributed by atoms with Gasteiger partial charge in [-0.25, -0.2) is 0 Å². The second kappa shape index (κ2) is 6.98. The Kier molecular flexibility index (Phi) is 5.44. The fraction of sp³-hybridized carbons (Fsp3) is 0.500. The molecule has 3 heteroatoms. The molecule has 0 radical (unpaired) electrons. The van der Waals surface area contributed by atoms with Crippen LogP contribution in [0.4, 0.5) is 0 Å². The average molecular weight is 206 g/mol. The Hall–Kier alpha value is -1.38. The quantitative estimate of drug-likeness (QED) is 0.725. The average Bonchev–Trinajstić information content (AvgIpc) is 2.28. The maximum atomic E-state index is 11.4. The summed E-state index contributed by atoms with van der Waals surface area (Å²) >= 11 is 0. The van der Waals surface area contributed by atoms with E-state index in [1.165, 1.54) is 0 Å². The van der Waals surface area contributed by atoms with Crippen LogP contribution in [0.3, 0.4) is 0 Å². The molecule has 0 aliphatic carbocycles. The van der Waals surface area contributed by atoms with Gasteiger partial charge in [0.2, 0.25) is 5.91 Å². The minimum atomic E-state index is 0.132. The van der Waals surface area contributed by atoms with Crippen molar-refractivity contribution in [3.63, 3.8) is 0 Å².